The maximum absolute atomic E-state index is 14.3. The maximum atomic E-state index is 14.3. The zero-order valence-electron chi connectivity index (χ0n) is 12.8. The van der Waals surface area contributed by atoms with Crippen molar-refractivity contribution < 1.29 is 19.0 Å². The molecular weight excluding hydrogens is 305 g/mol. The lowest BCUT2D eigenvalue weighted by molar-refractivity contribution is -0.135. The lowest BCUT2D eigenvalue weighted by Crippen LogP contribution is -2.32. The van der Waals surface area contributed by atoms with E-state index in [1.165, 1.54) is 16.2 Å². The largest absolute Gasteiger partial charge is 0.395 e. The highest BCUT2D eigenvalue weighted by atomic mass is 32.1. The molecule has 0 aliphatic rings. The zero-order chi connectivity index (χ0) is 16.1. The summed E-state index contributed by atoms with van der Waals surface area (Å²) in [5.41, 5.74) is 1.28. The Kier molecular flexibility index (Phi) is 5.88. The number of hydrogen-bond donors (Lipinski definition) is 1. The Morgan fingerprint density at radius 2 is 2.27 bits per heavy atom. The average Bonchev–Trinajstić information content (AvgIpc) is 2.96. The van der Waals surface area contributed by atoms with E-state index in [0.717, 1.165) is 10.1 Å². The highest BCUT2D eigenvalue weighted by molar-refractivity contribution is 7.17. The van der Waals surface area contributed by atoms with Crippen LogP contribution in [0.1, 0.15) is 11.1 Å². The second-order valence-corrected chi connectivity index (χ2v) is 6.07. The van der Waals surface area contributed by atoms with E-state index in [1.807, 2.05) is 17.5 Å². The highest BCUT2D eigenvalue weighted by Crippen LogP contribution is 2.29. The van der Waals surface area contributed by atoms with Crippen molar-refractivity contribution in [3.05, 3.63) is 34.5 Å². The van der Waals surface area contributed by atoms with E-state index in [-0.39, 0.29) is 38.1 Å². The van der Waals surface area contributed by atoms with Gasteiger partial charge in [-0.05, 0) is 41.8 Å². The van der Waals surface area contributed by atoms with Crippen LogP contribution in [-0.4, -0.2) is 49.3 Å². The number of ether oxygens (including phenoxy) is 1. The second kappa shape index (κ2) is 7.67. The van der Waals surface area contributed by atoms with Gasteiger partial charge in [0, 0.05) is 23.9 Å². The van der Waals surface area contributed by atoms with Crippen LogP contribution in [-0.2, 0) is 16.0 Å². The van der Waals surface area contributed by atoms with Crippen LogP contribution in [0.4, 0.5) is 4.39 Å². The Labute approximate surface area is 133 Å². The molecule has 1 heterocycles. The summed E-state index contributed by atoms with van der Waals surface area (Å²) in [4.78, 5) is 13.0. The van der Waals surface area contributed by atoms with Crippen molar-refractivity contribution in [2.45, 2.75) is 13.3 Å². The molecule has 0 bridgehead atoms. The van der Waals surface area contributed by atoms with Crippen LogP contribution in [0, 0.1) is 12.7 Å². The van der Waals surface area contributed by atoms with Gasteiger partial charge >= 0.3 is 0 Å². The van der Waals surface area contributed by atoms with Crippen LogP contribution in [0.2, 0.25) is 0 Å². The van der Waals surface area contributed by atoms with E-state index >= 15 is 0 Å². The number of hydrogen-bond acceptors (Lipinski definition) is 4. The van der Waals surface area contributed by atoms with Gasteiger partial charge in [0.05, 0.1) is 13.2 Å². The van der Waals surface area contributed by atoms with Gasteiger partial charge in [-0.15, -0.1) is 11.3 Å². The molecule has 1 amide bonds. The Hall–Kier alpha value is -1.50. The molecule has 0 atom stereocenters. The van der Waals surface area contributed by atoms with E-state index < -0.39 is 0 Å². The van der Waals surface area contributed by atoms with Gasteiger partial charge in [0.2, 0.25) is 5.91 Å². The molecule has 1 N–H and O–H groups in total. The fraction of sp³-hybridized carbons (Fsp3) is 0.438. The fourth-order valence-corrected chi connectivity index (χ4v) is 3.12. The number of carbonyl (C=O) groups is 1. The molecule has 1 aromatic carbocycles. The molecule has 22 heavy (non-hydrogen) atoms. The normalized spacial score (nSPS) is 11.1. The average molecular weight is 325 g/mol. The van der Waals surface area contributed by atoms with Crippen LogP contribution in [0.25, 0.3) is 10.1 Å². The van der Waals surface area contributed by atoms with Crippen molar-refractivity contribution in [2.24, 2.45) is 0 Å². The van der Waals surface area contributed by atoms with Crippen LogP contribution in [0.3, 0.4) is 0 Å². The van der Waals surface area contributed by atoms with Crippen molar-refractivity contribution in [3.63, 3.8) is 0 Å². The lowest BCUT2D eigenvalue weighted by Gasteiger charge is -2.15. The molecular formula is C16H20FNO3S. The molecule has 2 aromatic rings. The summed E-state index contributed by atoms with van der Waals surface area (Å²) in [6.45, 7) is 2.21. The van der Waals surface area contributed by atoms with Crippen LogP contribution >= 0.6 is 11.3 Å². The second-order valence-electron chi connectivity index (χ2n) is 5.16. The number of thiophene rings is 1. The standard InChI is InChI=1S/C16H20FNO3S/c1-11-15(17)12(9-13-4-8-22-16(11)13)3-7-21-10-14(20)18(2)5-6-19/h4,8-9,19H,3,5-7,10H2,1-2H3. The molecule has 0 aliphatic heterocycles. The molecule has 0 saturated heterocycles. The summed E-state index contributed by atoms with van der Waals surface area (Å²) >= 11 is 1.54. The first-order valence-corrected chi connectivity index (χ1v) is 8.00. The third-order valence-electron chi connectivity index (χ3n) is 3.58. The Morgan fingerprint density at radius 3 is 3.00 bits per heavy atom. The van der Waals surface area contributed by atoms with E-state index in [2.05, 4.69) is 0 Å². The number of aliphatic hydroxyl groups excluding tert-OH is 1. The number of aliphatic hydroxyl groups is 1. The van der Waals surface area contributed by atoms with E-state index in [0.29, 0.717) is 17.5 Å². The van der Waals surface area contributed by atoms with Crippen LogP contribution in [0.15, 0.2) is 17.5 Å². The molecule has 0 unspecified atom stereocenters. The predicted octanol–water partition coefficient (Wildman–Crippen LogP) is 2.36. The molecule has 0 saturated carbocycles. The molecule has 120 valence electrons. The number of likely N-dealkylation sites (N-methyl/N-ethyl adjacent to an activating group) is 1. The summed E-state index contributed by atoms with van der Waals surface area (Å²) < 4.78 is 20.6. The number of aryl methyl sites for hydroxylation is 1. The Morgan fingerprint density at radius 1 is 1.50 bits per heavy atom. The van der Waals surface area contributed by atoms with Crippen molar-refractivity contribution in [2.75, 3.05) is 33.4 Å². The summed E-state index contributed by atoms with van der Waals surface area (Å²) in [5.74, 6) is -0.388. The topological polar surface area (TPSA) is 49.8 Å². The molecule has 0 spiro atoms. The highest BCUT2D eigenvalue weighted by Gasteiger charge is 2.12. The van der Waals surface area contributed by atoms with Gasteiger partial charge in [-0.25, -0.2) is 4.39 Å². The smallest absolute Gasteiger partial charge is 0.248 e. The monoisotopic (exact) mass is 325 g/mol. The van der Waals surface area contributed by atoms with E-state index in [9.17, 15) is 9.18 Å². The third kappa shape index (κ3) is 3.82. The molecule has 1 aromatic heterocycles. The quantitative estimate of drug-likeness (QED) is 0.795. The van der Waals surface area contributed by atoms with Crippen molar-refractivity contribution >= 4 is 27.3 Å². The first-order chi connectivity index (χ1) is 10.5. The minimum Gasteiger partial charge on any atom is -0.395 e. The first kappa shape index (κ1) is 16.9. The number of amides is 1. The van der Waals surface area contributed by atoms with Gasteiger partial charge in [0.25, 0.3) is 0 Å². The number of nitrogens with zero attached hydrogens (tertiary/aromatic N) is 1. The van der Waals surface area contributed by atoms with Gasteiger partial charge < -0.3 is 14.7 Å². The van der Waals surface area contributed by atoms with Crippen molar-refractivity contribution in [1.29, 1.82) is 0 Å². The Balaban J connectivity index is 1.90. The first-order valence-electron chi connectivity index (χ1n) is 7.12. The zero-order valence-corrected chi connectivity index (χ0v) is 13.6. The fourth-order valence-electron chi connectivity index (χ4n) is 2.24. The molecule has 0 fully saturated rings. The molecule has 2 rings (SSSR count). The summed E-state index contributed by atoms with van der Waals surface area (Å²) in [5, 5.41) is 11.7. The minimum absolute atomic E-state index is 0.0577. The summed E-state index contributed by atoms with van der Waals surface area (Å²) in [6, 6.07) is 3.82. The van der Waals surface area contributed by atoms with Gasteiger partial charge in [0.1, 0.15) is 12.4 Å². The van der Waals surface area contributed by atoms with Gasteiger partial charge in [-0.2, -0.15) is 0 Å². The number of benzene rings is 1. The SMILES string of the molecule is Cc1c(F)c(CCOCC(=O)N(C)CCO)cc2ccsc12. The lowest BCUT2D eigenvalue weighted by atomic mass is 10.1. The van der Waals surface area contributed by atoms with Crippen molar-refractivity contribution in [1.82, 2.24) is 4.90 Å². The summed E-state index contributed by atoms with van der Waals surface area (Å²) in [6.07, 6.45) is 0.426. The van der Waals surface area contributed by atoms with E-state index in [4.69, 9.17) is 9.84 Å². The number of rotatable bonds is 7. The van der Waals surface area contributed by atoms with Crippen LogP contribution < -0.4 is 0 Å². The van der Waals surface area contributed by atoms with Crippen LogP contribution in [0.5, 0.6) is 0 Å². The maximum Gasteiger partial charge on any atom is 0.248 e. The van der Waals surface area contributed by atoms with Gasteiger partial charge in [-0.1, -0.05) is 0 Å². The molecule has 0 radical (unpaired) electrons. The van der Waals surface area contributed by atoms with Gasteiger partial charge in [0.15, 0.2) is 0 Å². The summed E-state index contributed by atoms with van der Waals surface area (Å²) in [7, 11) is 1.61. The van der Waals surface area contributed by atoms with E-state index in [1.54, 1.807) is 14.0 Å². The molecule has 0 aliphatic carbocycles. The van der Waals surface area contributed by atoms with Gasteiger partial charge in [-0.3, -0.25) is 4.79 Å². The molecule has 4 nitrogen and oxygen atoms in total. The third-order valence-corrected chi connectivity index (χ3v) is 4.63. The number of carbonyl (C=O) groups excluding carboxylic acids is 1. The predicted molar refractivity (Wildman–Crippen MR) is 85.8 cm³/mol. The minimum atomic E-state index is -0.195. The van der Waals surface area contributed by atoms with Crippen molar-refractivity contribution in [3.8, 4) is 0 Å². The molecule has 6 heteroatoms. The number of fused-ring (bicyclic) bond motifs is 1. The Bertz CT molecular complexity index is 656. The number of halogens is 1.